The van der Waals surface area contributed by atoms with E-state index in [0.717, 1.165) is 40.3 Å². The fraction of sp³-hybridized carbons (Fsp3) is 0.611. The highest BCUT2D eigenvalue weighted by Crippen LogP contribution is 2.60. The first kappa shape index (κ1) is 12.2. The summed E-state index contributed by atoms with van der Waals surface area (Å²) in [7, 11) is 0. The summed E-state index contributed by atoms with van der Waals surface area (Å²) in [4.78, 5) is 4.87. The molecule has 0 amide bonds. The Kier molecular flexibility index (Phi) is 2.38. The Bertz CT molecular complexity index is 667. The van der Waals surface area contributed by atoms with E-state index in [0.29, 0.717) is 6.54 Å². The second-order valence-corrected chi connectivity index (χ2v) is 7.72. The van der Waals surface area contributed by atoms with E-state index in [1.165, 1.54) is 38.5 Å². The Morgan fingerprint density at radius 1 is 1.10 bits per heavy atom. The highest BCUT2D eigenvalue weighted by atomic mass is 16.3. The van der Waals surface area contributed by atoms with E-state index in [9.17, 15) is 0 Å². The van der Waals surface area contributed by atoms with E-state index >= 15 is 0 Å². The number of fused-ring (bicyclic) bond motifs is 1. The van der Waals surface area contributed by atoms with Crippen LogP contribution in [0.15, 0.2) is 22.6 Å². The van der Waals surface area contributed by atoms with Crippen molar-refractivity contribution < 1.29 is 4.42 Å². The van der Waals surface area contributed by atoms with Gasteiger partial charge in [0.25, 0.3) is 0 Å². The number of hydrogen-bond donors (Lipinski definition) is 1. The van der Waals surface area contributed by atoms with Crippen LogP contribution in [0.25, 0.3) is 11.1 Å². The van der Waals surface area contributed by atoms with Gasteiger partial charge in [0.05, 0.1) is 0 Å². The Labute approximate surface area is 124 Å². The number of oxazole rings is 1. The SMILES string of the molecule is NCc1ccc2nc(C34CC5CC(CC(C5)C3)C4)oc2c1. The van der Waals surface area contributed by atoms with Gasteiger partial charge in [0.2, 0.25) is 5.89 Å². The van der Waals surface area contributed by atoms with E-state index in [1.54, 1.807) is 0 Å². The van der Waals surface area contributed by atoms with Crippen molar-refractivity contribution >= 4 is 11.1 Å². The lowest BCUT2D eigenvalue weighted by Crippen LogP contribution is -2.48. The first-order valence-electron chi connectivity index (χ1n) is 8.34. The standard InChI is InChI=1S/C18H22N2O/c19-10-11-1-2-15-16(6-11)21-17(20-15)18-7-12-3-13(8-18)5-14(4-12)9-18/h1-2,6,12-14H,3-5,7-10,19H2. The van der Waals surface area contributed by atoms with Crippen molar-refractivity contribution in [3.8, 4) is 0 Å². The molecule has 0 radical (unpaired) electrons. The predicted octanol–water partition coefficient (Wildman–Crippen LogP) is 3.75. The quantitative estimate of drug-likeness (QED) is 0.912. The van der Waals surface area contributed by atoms with Crippen LogP contribution in [0.5, 0.6) is 0 Å². The van der Waals surface area contributed by atoms with Gasteiger partial charge in [-0.1, -0.05) is 6.07 Å². The number of nitrogens with two attached hydrogens (primary N) is 1. The van der Waals surface area contributed by atoms with Crippen molar-refractivity contribution in [2.45, 2.75) is 50.5 Å². The van der Waals surface area contributed by atoms with Gasteiger partial charge in [-0.3, -0.25) is 0 Å². The Morgan fingerprint density at radius 3 is 2.38 bits per heavy atom. The van der Waals surface area contributed by atoms with Crippen molar-refractivity contribution in [1.82, 2.24) is 4.98 Å². The highest BCUT2D eigenvalue weighted by Gasteiger charge is 2.54. The second-order valence-electron chi connectivity index (χ2n) is 7.72. The predicted molar refractivity (Wildman–Crippen MR) is 81.8 cm³/mol. The van der Waals surface area contributed by atoms with Gasteiger partial charge < -0.3 is 10.2 Å². The first-order valence-corrected chi connectivity index (χ1v) is 8.34. The number of rotatable bonds is 2. The Morgan fingerprint density at radius 2 is 1.76 bits per heavy atom. The van der Waals surface area contributed by atoms with E-state index in [2.05, 4.69) is 18.2 Å². The molecular weight excluding hydrogens is 260 g/mol. The van der Waals surface area contributed by atoms with Crippen molar-refractivity contribution in [2.75, 3.05) is 0 Å². The van der Waals surface area contributed by atoms with Gasteiger partial charge >= 0.3 is 0 Å². The third-order valence-corrected chi connectivity index (χ3v) is 6.18. The summed E-state index contributed by atoms with van der Waals surface area (Å²) in [6.07, 6.45) is 8.27. The molecule has 1 aromatic heterocycles. The molecule has 1 aromatic carbocycles. The maximum atomic E-state index is 6.23. The molecule has 4 saturated carbocycles. The molecule has 6 rings (SSSR count). The molecule has 2 N–H and O–H groups in total. The van der Waals surface area contributed by atoms with Gasteiger partial charge in [-0.15, -0.1) is 0 Å². The van der Waals surface area contributed by atoms with E-state index in [-0.39, 0.29) is 5.41 Å². The van der Waals surface area contributed by atoms with E-state index in [1.807, 2.05) is 0 Å². The fourth-order valence-corrected chi connectivity index (χ4v) is 5.70. The molecule has 1 heterocycles. The number of nitrogens with zero attached hydrogens (tertiary/aromatic N) is 1. The largest absolute Gasteiger partial charge is 0.440 e. The summed E-state index contributed by atoms with van der Waals surface area (Å²) in [6.45, 7) is 0.559. The molecular formula is C18H22N2O. The summed E-state index contributed by atoms with van der Waals surface area (Å²) in [5.41, 5.74) is 9.02. The molecule has 3 nitrogen and oxygen atoms in total. The van der Waals surface area contributed by atoms with Crippen molar-refractivity contribution in [3.63, 3.8) is 0 Å². The van der Waals surface area contributed by atoms with Gasteiger partial charge in [0.15, 0.2) is 5.58 Å². The molecule has 4 aliphatic rings. The van der Waals surface area contributed by atoms with E-state index < -0.39 is 0 Å². The molecule has 4 aliphatic carbocycles. The lowest BCUT2D eigenvalue weighted by molar-refractivity contribution is -0.0170. The minimum atomic E-state index is 0.247. The second kappa shape index (κ2) is 4.10. The topological polar surface area (TPSA) is 52.0 Å². The molecule has 0 unspecified atom stereocenters. The van der Waals surface area contributed by atoms with Crippen LogP contribution < -0.4 is 5.73 Å². The number of aromatic nitrogens is 1. The molecule has 2 aromatic rings. The maximum Gasteiger partial charge on any atom is 0.201 e. The number of benzene rings is 1. The average molecular weight is 282 g/mol. The van der Waals surface area contributed by atoms with Crippen molar-refractivity contribution in [2.24, 2.45) is 23.5 Å². The summed E-state index contributed by atoms with van der Waals surface area (Å²) in [5, 5.41) is 0. The molecule has 3 heteroatoms. The normalized spacial score (nSPS) is 37.5. The molecule has 0 atom stereocenters. The Hall–Kier alpha value is -1.35. The lowest BCUT2D eigenvalue weighted by Gasteiger charge is -2.55. The van der Waals surface area contributed by atoms with Crippen LogP contribution in [0.1, 0.15) is 50.0 Å². The van der Waals surface area contributed by atoms with Crippen LogP contribution in [-0.2, 0) is 12.0 Å². The smallest absolute Gasteiger partial charge is 0.201 e. The van der Waals surface area contributed by atoms with Gasteiger partial charge in [0, 0.05) is 12.0 Å². The summed E-state index contributed by atoms with van der Waals surface area (Å²) >= 11 is 0. The van der Waals surface area contributed by atoms with Crippen LogP contribution in [0.2, 0.25) is 0 Å². The third kappa shape index (κ3) is 1.73. The zero-order valence-electron chi connectivity index (χ0n) is 12.3. The molecule has 4 fully saturated rings. The summed E-state index contributed by atoms with van der Waals surface area (Å²) in [5.74, 6) is 3.79. The highest BCUT2D eigenvalue weighted by molar-refractivity contribution is 5.73. The van der Waals surface area contributed by atoms with Gasteiger partial charge in [-0.2, -0.15) is 0 Å². The third-order valence-electron chi connectivity index (χ3n) is 6.18. The average Bonchev–Trinajstić information content (AvgIpc) is 2.89. The summed E-state index contributed by atoms with van der Waals surface area (Å²) in [6, 6.07) is 6.19. The first-order chi connectivity index (χ1) is 10.2. The summed E-state index contributed by atoms with van der Waals surface area (Å²) < 4.78 is 6.23. The van der Waals surface area contributed by atoms with Crippen molar-refractivity contribution in [1.29, 1.82) is 0 Å². The molecule has 110 valence electrons. The van der Waals surface area contributed by atoms with Crippen LogP contribution >= 0.6 is 0 Å². The van der Waals surface area contributed by atoms with Gasteiger partial charge in [-0.25, -0.2) is 4.98 Å². The molecule has 0 aliphatic heterocycles. The molecule has 21 heavy (non-hydrogen) atoms. The molecule has 0 spiro atoms. The van der Waals surface area contributed by atoms with Gasteiger partial charge in [-0.05, 0) is 74.0 Å². The fourth-order valence-electron chi connectivity index (χ4n) is 5.70. The van der Waals surface area contributed by atoms with Gasteiger partial charge in [0.1, 0.15) is 5.52 Å². The Balaban J connectivity index is 1.60. The minimum absolute atomic E-state index is 0.247. The molecule has 4 bridgehead atoms. The van der Waals surface area contributed by atoms with Crippen LogP contribution in [0, 0.1) is 17.8 Å². The minimum Gasteiger partial charge on any atom is -0.440 e. The molecule has 0 saturated heterocycles. The lowest BCUT2D eigenvalue weighted by atomic mass is 9.49. The van der Waals surface area contributed by atoms with Crippen LogP contribution in [-0.4, -0.2) is 4.98 Å². The monoisotopic (exact) mass is 282 g/mol. The van der Waals surface area contributed by atoms with Crippen LogP contribution in [0.4, 0.5) is 0 Å². The van der Waals surface area contributed by atoms with E-state index in [4.69, 9.17) is 15.1 Å². The van der Waals surface area contributed by atoms with Crippen LogP contribution in [0.3, 0.4) is 0 Å². The maximum absolute atomic E-state index is 6.23. The number of hydrogen-bond acceptors (Lipinski definition) is 3. The zero-order valence-corrected chi connectivity index (χ0v) is 12.3. The zero-order chi connectivity index (χ0) is 14.0. The van der Waals surface area contributed by atoms with Crippen molar-refractivity contribution in [3.05, 3.63) is 29.7 Å².